The molecule has 16 heavy (non-hydrogen) atoms. The second-order valence-electron chi connectivity index (χ2n) is 4.46. The van der Waals surface area contributed by atoms with Crippen molar-refractivity contribution in [2.24, 2.45) is 0 Å². The first-order valence-corrected chi connectivity index (χ1v) is 6.07. The second kappa shape index (κ2) is 5.19. The van der Waals surface area contributed by atoms with Crippen molar-refractivity contribution in [3.63, 3.8) is 0 Å². The minimum atomic E-state index is -0.256. The molecule has 3 heteroatoms. The Morgan fingerprint density at radius 3 is 2.25 bits per heavy atom. The van der Waals surface area contributed by atoms with Crippen molar-refractivity contribution < 1.29 is 4.39 Å². The Hall–Kier alpha value is -1.25. The molecule has 0 saturated carbocycles. The lowest BCUT2D eigenvalue weighted by Gasteiger charge is -2.27. The number of anilines is 2. The van der Waals surface area contributed by atoms with Crippen LogP contribution in [0, 0.1) is 5.82 Å². The van der Waals surface area contributed by atoms with Crippen LogP contribution in [0.4, 0.5) is 15.8 Å². The van der Waals surface area contributed by atoms with Gasteiger partial charge in [0.15, 0.2) is 0 Å². The summed E-state index contributed by atoms with van der Waals surface area (Å²) in [5.74, 6) is -0.256. The highest BCUT2D eigenvalue weighted by Gasteiger charge is 2.11. The lowest BCUT2D eigenvalue weighted by Crippen LogP contribution is -2.27. The van der Waals surface area contributed by atoms with Crippen molar-refractivity contribution in [1.29, 1.82) is 0 Å². The summed E-state index contributed by atoms with van der Waals surface area (Å²) in [6.45, 7) is 2.08. The minimum absolute atomic E-state index is 0.256. The Labute approximate surface area is 96.2 Å². The molecule has 1 heterocycles. The number of nitrogens with two attached hydrogens (primary N) is 1. The first kappa shape index (κ1) is 11.2. The highest BCUT2D eigenvalue weighted by molar-refractivity contribution is 5.67. The molecule has 0 atom stereocenters. The smallest absolute Gasteiger partial charge is 0.125 e. The van der Waals surface area contributed by atoms with E-state index in [1.165, 1.54) is 44.2 Å². The topological polar surface area (TPSA) is 29.3 Å². The summed E-state index contributed by atoms with van der Waals surface area (Å²) in [7, 11) is 0. The summed E-state index contributed by atoms with van der Waals surface area (Å²) in [4.78, 5) is 2.29. The molecule has 0 unspecified atom stereocenters. The molecule has 0 aliphatic carbocycles. The molecular weight excluding hydrogens is 203 g/mol. The molecule has 2 N–H and O–H groups in total. The molecule has 0 amide bonds. The van der Waals surface area contributed by atoms with E-state index in [1.54, 1.807) is 6.07 Å². The fourth-order valence-corrected chi connectivity index (χ4v) is 2.30. The monoisotopic (exact) mass is 222 g/mol. The number of hydrogen-bond acceptors (Lipinski definition) is 2. The average molecular weight is 222 g/mol. The van der Waals surface area contributed by atoms with Gasteiger partial charge in [-0.2, -0.15) is 0 Å². The number of nitrogen functional groups attached to an aromatic ring is 1. The lowest BCUT2D eigenvalue weighted by molar-refractivity contribution is 0.556. The molecule has 2 rings (SSSR count). The van der Waals surface area contributed by atoms with Crippen LogP contribution in [0.15, 0.2) is 18.2 Å². The average Bonchev–Trinajstić information content (AvgIpc) is 2.19. The van der Waals surface area contributed by atoms with Crippen LogP contribution >= 0.6 is 0 Å². The van der Waals surface area contributed by atoms with Crippen LogP contribution in [0.3, 0.4) is 0 Å². The Morgan fingerprint density at radius 1 is 1.00 bits per heavy atom. The number of nitrogens with zero attached hydrogens (tertiary/aromatic N) is 1. The maximum absolute atomic E-state index is 13.0. The fraction of sp³-hybridized carbons (Fsp3) is 0.538. The number of rotatable bonds is 1. The molecule has 1 aromatic carbocycles. The minimum Gasteiger partial charge on any atom is -0.397 e. The van der Waals surface area contributed by atoms with E-state index < -0.39 is 0 Å². The van der Waals surface area contributed by atoms with Gasteiger partial charge in [-0.1, -0.05) is 19.3 Å². The zero-order valence-corrected chi connectivity index (χ0v) is 9.58. The van der Waals surface area contributed by atoms with Crippen LogP contribution in [0.5, 0.6) is 0 Å². The summed E-state index contributed by atoms with van der Waals surface area (Å²) in [5.41, 5.74) is 7.41. The van der Waals surface area contributed by atoms with Gasteiger partial charge in [0, 0.05) is 13.1 Å². The molecule has 1 aliphatic rings. The van der Waals surface area contributed by atoms with Crippen molar-refractivity contribution in [1.82, 2.24) is 0 Å². The van der Waals surface area contributed by atoms with E-state index in [9.17, 15) is 4.39 Å². The van der Waals surface area contributed by atoms with Gasteiger partial charge in [0.1, 0.15) is 5.82 Å². The van der Waals surface area contributed by atoms with Gasteiger partial charge in [0.2, 0.25) is 0 Å². The Balaban J connectivity index is 2.14. The van der Waals surface area contributed by atoms with E-state index >= 15 is 0 Å². The molecule has 1 aromatic rings. The molecular formula is C13H19FN2. The summed E-state index contributed by atoms with van der Waals surface area (Å²) in [6, 6.07) is 4.70. The van der Waals surface area contributed by atoms with Crippen LogP contribution in [-0.4, -0.2) is 13.1 Å². The van der Waals surface area contributed by atoms with Crippen LogP contribution in [0.2, 0.25) is 0 Å². The Bertz CT molecular complexity index is 344. The van der Waals surface area contributed by atoms with Crippen molar-refractivity contribution in [2.75, 3.05) is 23.7 Å². The largest absolute Gasteiger partial charge is 0.397 e. The van der Waals surface area contributed by atoms with Crippen molar-refractivity contribution in [2.45, 2.75) is 32.1 Å². The zero-order valence-electron chi connectivity index (χ0n) is 9.58. The Morgan fingerprint density at radius 2 is 1.62 bits per heavy atom. The zero-order chi connectivity index (χ0) is 11.4. The molecule has 0 spiro atoms. The van der Waals surface area contributed by atoms with Crippen molar-refractivity contribution in [3.8, 4) is 0 Å². The van der Waals surface area contributed by atoms with Gasteiger partial charge in [0.05, 0.1) is 11.4 Å². The number of halogens is 1. The number of benzene rings is 1. The molecule has 1 fully saturated rings. The molecule has 0 aromatic heterocycles. The maximum atomic E-state index is 13.0. The molecule has 0 radical (unpaired) electrons. The van der Waals surface area contributed by atoms with E-state index in [0.29, 0.717) is 5.69 Å². The maximum Gasteiger partial charge on any atom is 0.125 e. The van der Waals surface area contributed by atoms with E-state index in [-0.39, 0.29) is 5.82 Å². The van der Waals surface area contributed by atoms with E-state index in [2.05, 4.69) is 4.90 Å². The number of hydrogen-bond donors (Lipinski definition) is 1. The molecule has 1 aliphatic heterocycles. The van der Waals surface area contributed by atoms with Crippen LogP contribution in [-0.2, 0) is 0 Å². The normalized spacial score (nSPS) is 17.9. The predicted molar refractivity (Wildman–Crippen MR) is 66.1 cm³/mol. The second-order valence-corrected chi connectivity index (χ2v) is 4.46. The molecule has 1 saturated heterocycles. The van der Waals surface area contributed by atoms with Crippen LogP contribution < -0.4 is 10.6 Å². The molecule has 88 valence electrons. The van der Waals surface area contributed by atoms with Gasteiger partial charge < -0.3 is 10.6 Å². The van der Waals surface area contributed by atoms with Crippen molar-refractivity contribution in [3.05, 3.63) is 24.0 Å². The lowest BCUT2D eigenvalue weighted by atomic mass is 10.1. The van der Waals surface area contributed by atoms with E-state index in [1.807, 2.05) is 0 Å². The van der Waals surface area contributed by atoms with Crippen LogP contribution in [0.25, 0.3) is 0 Å². The summed E-state index contributed by atoms with van der Waals surface area (Å²) in [5, 5.41) is 0. The predicted octanol–water partition coefficient (Wildman–Crippen LogP) is 3.18. The third kappa shape index (κ3) is 2.65. The molecule has 2 nitrogen and oxygen atoms in total. The van der Waals surface area contributed by atoms with Crippen LogP contribution in [0.1, 0.15) is 32.1 Å². The van der Waals surface area contributed by atoms with Gasteiger partial charge in [0.25, 0.3) is 0 Å². The highest BCUT2D eigenvalue weighted by atomic mass is 19.1. The summed E-state index contributed by atoms with van der Waals surface area (Å²) >= 11 is 0. The third-order valence-corrected chi connectivity index (χ3v) is 3.19. The first-order chi connectivity index (χ1) is 7.77. The highest BCUT2D eigenvalue weighted by Crippen LogP contribution is 2.26. The van der Waals surface area contributed by atoms with Gasteiger partial charge in [-0.25, -0.2) is 4.39 Å². The quantitative estimate of drug-likeness (QED) is 0.739. The van der Waals surface area contributed by atoms with Gasteiger partial charge in [-0.05, 0) is 31.0 Å². The van der Waals surface area contributed by atoms with E-state index in [0.717, 1.165) is 18.8 Å². The molecule has 0 bridgehead atoms. The van der Waals surface area contributed by atoms with Crippen molar-refractivity contribution >= 4 is 11.4 Å². The standard InChI is InChI=1S/C13H19FN2/c14-11-6-7-13(12(15)10-11)16-8-4-2-1-3-5-9-16/h6-7,10H,1-5,8-9,15H2. The SMILES string of the molecule is Nc1cc(F)ccc1N1CCCCCCC1. The van der Waals surface area contributed by atoms with E-state index in [4.69, 9.17) is 5.73 Å². The summed E-state index contributed by atoms with van der Waals surface area (Å²) in [6.07, 6.45) is 6.33. The van der Waals surface area contributed by atoms with Gasteiger partial charge in [-0.3, -0.25) is 0 Å². The van der Waals surface area contributed by atoms with Gasteiger partial charge in [-0.15, -0.1) is 0 Å². The fourth-order valence-electron chi connectivity index (χ4n) is 2.30. The van der Waals surface area contributed by atoms with Gasteiger partial charge >= 0.3 is 0 Å². The Kier molecular flexibility index (Phi) is 3.65. The first-order valence-electron chi connectivity index (χ1n) is 6.07. The third-order valence-electron chi connectivity index (χ3n) is 3.19. The summed E-state index contributed by atoms with van der Waals surface area (Å²) < 4.78 is 13.0.